The van der Waals surface area contributed by atoms with E-state index in [0.29, 0.717) is 0 Å². The number of alkyl carbamates (subject to hydrolysis) is 1. The fourth-order valence-electron chi connectivity index (χ4n) is 1.26. The average molecular weight is 275 g/mol. The van der Waals surface area contributed by atoms with Crippen LogP contribution in [0.4, 0.5) is 4.79 Å². The number of ether oxygens (including phenoxy) is 1. The number of hydrogen-bond donors (Lipinski definition) is 3. The maximum Gasteiger partial charge on any atom is 0.408 e. The van der Waals surface area contributed by atoms with Crippen LogP contribution in [0.1, 0.15) is 27.7 Å². The molecule has 2 N–H and O–H groups in total. The van der Waals surface area contributed by atoms with E-state index in [-0.39, 0.29) is 5.25 Å². The summed E-state index contributed by atoms with van der Waals surface area (Å²) in [7, 11) is 0. The van der Waals surface area contributed by atoms with Gasteiger partial charge in [0.25, 0.3) is 0 Å². The Bertz CT molecular complexity index is 325. The smallest absolute Gasteiger partial charge is 0.408 e. The number of carboxylic acid groups (broad SMARTS) is 1. The number of carboxylic acids is 1. The SMILES string of the molecule is C=CC(S)[C@@H](C)[C@H](NC(=O)OC(C)(C)C)C(=O)O. The van der Waals surface area contributed by atoms with Crippen molar-refractivity contribution in [2.24, 2.45) is 5.92 Å². The van der Waals surface area contributed by atoms with Gasteiger partial charge in [-0.2, -0.15) is 12.6 Å². The van der Waals surface area contributed by atoms with E-state index in [2.05, 4.69) is 24.5 Å². The predicted octanol–water partition coefficient (Wildman–Crippen LogP) is 2.08. The van der Waals surface area contributed by atoms with Crippen LogP contribution in [0.5, 0.6) is 0 Å². The maximum absolute atomic E-state index is 11.5. The summed E-state index contributed by atoms with van der Waals surface area (Å²) in [6.07, 6.45) is 0.770. The molecule has 0 aliphatic rings. The summed E-state index contributed by atoms with van der Waals surface area (Å²) in [5.41, 5.74) is -0.671. The summed E-state index contributed by atoms with van der Waals surface area (Å²) in [5.74, 6) is -1.54. The molecule has 0 aliphatic heterocycles. The first-order chi connectivity index (χ1) is 8.08. The largest absolute Gasteiger partial charge is 0.480 e. The molecule has 0 rings (SSSR count). The fraction of sp³-hybridized carbons (Fsp3) is 0.667. The summed E-state index contributed by atoms with van der Waals surface area (Å²) < 4.78 is 5.02. The van der Waals surface area contributed by atoms with Crippen LogP contribution < -0.4 is 5.32 Å². The van der Waals surface area contributed by atoms with Crippen molar-refractivity contribution in [3.05, 3.63) is 12.7 Å². The third kappa shape index (κ3) is 5.95. The highest BCUT2D eigenvalue weighted by Gasteiger charge is 2.31. The van der Waals surface area contributed by atoms with Crippen LogP contribution in [0.2, 0.25) is 0 Å². The third-order valence-corrected chi connectivity index (χ3v) is 2.93. The van der Waals surface area contributed by atoms with Gasteiger partial charge in [0.1, 0.15) is 11.6 Å². The van der Waals surface area contributed by atoms with Crippen molar-refractivity contribution in [1.29, 1.82) is 0 Å². The van der Waals surface area contributed by atoms with Gasteiger partial charge in [-0.1, -0.05) is 13.0 Å². The van der Waals surface area contributed by atoms with Crippen LogP contribution in [-0.2, 0) is 9.53 Å². The number of rotatable bonds is 5. The van der Waals surface area contributed by atoms with Gasteiger partial charge >= 0.3 is 12.1 Å². The second-order valence-corrected chi connectivity index (χ2v) is 5.64. The lowest BCUT2D eigenvalue weighted by Crippen LogP contribution is -2.48. The lowest BCUT2D eigenvalue weighted by molar-refractivity contribution is -0.140. The van der Waals surface area contributed by atoms with Crippen molar-refractivity contribution in [3.8, 4) is 0 Å². The topological polar surface area (TPSA) is 75.6 Å². The molecule has 0 spiro atoms. The molecule has 0 aromatic carbocycles. The molecule has 0 fully saturated rings. The second-order valence-electron chi connectivity index (χ2n) is 5.05. The Morgan fingerprint density at radius 3 is 2.28 bits per heavy atom. The van der Waals surface area contributed by atoms with E-state index in [4.69, 9.17) is 9.84 Å². The predicted molar refractivity (Wildman–Crippen MR) is 72.9 cm³/mol. The van der Waals surface area contributed by atoms with Crippen LogP contribution in [0.15, 0.2) is 12.7 Å². The molecule has 0 bridgehead atoms. The third-order valence-electron chi connectivity index (χ3n) is 2.24. The molecule has 6 heteroatoms. The molecule has 0 aromatic rings. The van der Waals surface area contributed by atoms with Gasteiger partial charge in [0.15, 0.2) is 0 Å². The maximum atomic E-state index is 11.5. The van der Waals surface area contributed by atoms with Crippen molar-refractivity contribution in [1.82, 2.24) is 5.32 Å². The zero-order valence-electron chi connectivity index (χ0n) is 11.1. The van der Waals surface area contributed by atoms with E-state index < -0.39 is 29.6 Å². The van der Waals surface area contributed by atoms with Crippen LogP contribution in [0.25, 0.3) is 0 Å². The summed E-state index contributed by atoms with van der Waals surface area (Å²) in [5, 5.41) is 11.1. The number of aliphatic carboxylic acids is 1. The van der Waals surface area contributed by atoms with Gasteiger partial charge < -0.3 is 15.2 Å². The van der Waals surface area contributed by atoms with E-state index in [1.165, 1.54) is 6.08 Å². The molecule has 5 nitrogen and oxygen atoms in total. The van der Waals surface area contributed by atoms with E-state index >= 15 is 0 Å². The monoisotopic (exact) mass is 275 g/mol. The molecule has 1 amide bonds. The van der Waals surface area contributed by atoms with Gasteiger partial charge in [-0.05, 0) is 20.8 Å². The number of carbonyl (C=O) groups is 2. The number of carbonyl (C=O) groups excluding carboxylic acids is 1. The van der Waals surface area contributed by atoms with Gasteiger partial charge in [0.2, 0.25) is 0 Å². The summed E-state index contributed by atoms with van der Waals surface area (Å²) >= 11 is 4.19. The summed E-state index contributed by atoms with van der Waals surface area (Å²) in [6.45, 7) is 10.3. The highest BCUT2D eigenvalue weighted by molar-refractivity contribution is 7.81. The lowest BCUT2D eigenvalue weighted by Gasteiger charge is -2.26. The molecule has 0 saturated carbocycles. The molecule has 104 valence electrons. The number of nitrogens with one attached hydrogen (secondary N) is 1. The molecule has 18 heavy (non-hydrogen) atoms. The minimum absolute atomic E-state index is 0.332. The average Bonchev–Trinajstić information content (AvgIpc) is 2.20. The van der Waals surface area contributed by atoms with E-state index in [0.717, 1.165) is 0 Å². The first kappa shape index (κ1) is 16.8. The first-order valence-electron chi connectivity index (χ1n) is 5.61. The van der Waals surface area contributed by atoms with E-state index in [1.807, 2.05) is 0 Å². The molecule has 0 radical (unpaired) electrons. The normalized spacial score (nSPS) is 16.3. The highest BCUT2D eigenvalue weighted by Crippen LogP contribution is 2.16. The molecular weight excluding hydrogens is 254 g/mol. The van der Waals surface area contributed by atoms with Gasteiger partial charge in [0, 0.05) is 11.2 Å². The molecule has 0 saturated heterocycles. The van der Waals surface area contributed by atoms with Crippen LogP contribution in [-0.4, -0.2) is 34.1 Å². The molecule has 1 unspecified atom stereocenters. The number of hydrogen-bond acceptors (Lipinski definition) is 4. The number of thiol groups is 1. The van der Waals surface area contributed by atoms with Crippen LogP contribution in [0.3, 0.4) is 0 Å². The van der Waals surface area contributed by atoms with Gasteiger partial charge in [-0.25, -0.2) is 9.59 Å². The van der Waals surface area contributed by atoms with Crippen molar-refractivity contribution >= 4 is 24.7 Å². The van der Waals surface area contributed by atoms with Crippen LogP contribution in [0, 0.1) is 5.92 Å². The highest BCUT2D eigenvalue weighted by atomic mass is 32.1. The molecule has 0 aromatic heterocycles. The Hall–Kier alpha value is -1.17. The minimum atomic E-state index is -1.13. The Morgan fingerprint density at radius 1 is 1.44 bits per heavy atom. The fourth-order valence-corrected chi connectivity index (χ4v) is 1.44. The lowest BCUT2D eigenvalue weighted by atomic mass is 9.98. The van der Waals surface area contributed by atoms with Gasteiger partial charge in [-0.15, -0.1) is 6.58 Å². The quantitative estimate of drug-likeness (QED) is 0.530. The Labute approximate surface area is 113 Å². The standard InChI is InChI=1S/C12H21NO4S/c1-6-8(18)7(2)9(10(14)15)13-11(16)17-12(3,4)5/h6-9,18H,1H2,2-5H3,(H,13,16)(H,14,15)/t7-,8?,9+/m1/s1. The second kappa shape index (κ2) is 6.68. The zero-order valence-corrected chi connectivity index (χ0v) is 12.0. The Kier molecular flexibility index (Phi) is 6.25. The van der Waals surface area contributed by atoms with Gasteiger partial charge in [0.05, 0.1) is 0 Å². The Balaban J connectivity index is 4.69. The van der Waals surface area contributed by atoms with Gasteiger partial charge in [-0.3, -0.25) is 0 Å². The minimum Gasteiger partial charge on any atom is -0.480 e. The molecule has 0 heterocycles. The Morgan fingerprint density at radius 2 is 1.94 bits per heavy atom. The van der Waals surface area contributed by atoms with Crippen molar-refractivity contribution < 1.29 is 19.4 Å². The van der Waals surface area contributed by atoms with E-state index in [1.54, 1.807) is 27.7 Å². The molecule has 0 aliphatic carbocycles. The zero-order chi connectivity index (χ0) is 14.5. The van der Waals surface area contributed by atoms with E-state index in [9.17, 15) is 9.59 Å². The molecular formula is C12H21NO4S. The summed E-state index contributed by atoms with van der Waals surface area (Å²) in [4.78, 5) is 22.7. The number of amides is 1. The summed E-state index contributed by atoms with van der Waals surface area (Å²) in [6, 6.07) is -1.07. The molecule has 3 atom stereocenters. The van der Waals surface area contributed by atoms with Crippen LogP contribution >= 0.6 is 12.6 Å². The van der Waals surface area contributed by atoms with Crippen molar-refractivity contribution in [3.63, 3.8) is 0 Å². The van der Waals surface area contributed by atoms with Crippen molar-refractivity contribution in [2.75, 3.05) is 0 Å². The van der Waals surface area contributed by atoms with Crippen molar-refractivity contribution in [2.45, 2.75) is 44.6 Å². The first-order valence-corrected chi connectivity index (χ1v) is 6.13.